The Hall–Kier alpha value is -4.54. The second-order valence-corrected chi connectivity index (χ2v) is 8.08. The number of aromatic nitrogens is 3. The van der Waals surface area contributed by atoms with Crippen molar-refractivity contribution in [2.45, 2.75) is 25.4 Å². The van der Waals surface area contributed by atoms with E-state index in [-0.39, 0.29) is 41.9 Å². The van der Waals surface area contributed by atoms with Crippen LogP contribution in [0.2, 0.25) is 0 Å². The van der Waals surface area contributed by atoms with Crippen LogP contribution in [0.4, 0.5) is 38.0 Å². The van der Waals surface area contributed by atoms with E-state index in [0.717, 1.165) is 18.9 Å². The summed E-state index contributed by atoms with van der Waals surface area (Å²) in [5, 5.41) is 5.60. The quantitative estimate of drug-likeness (QED) is 0.390. The number of carbonyl (C=O) groups is 2. The van der Waals surface area contributed by atoms with Gasteiger partial charge in [-0.25, -0.2) is 14.7 Å². The van der Waals surface area contributed by atoms with E-state index in [2.05, 4.69) is 32.2 Å². The second kappa shape index (κ2) is 9.01. The fourth-order valence-electron chi connectivity index (χ4n) is 3.80. The van der Waals surface area contributed by atoms with Crippen molar-refractivity contribution in [2.24, 2.45) is 0 Å². The molecule has 1 aliphatic heterocycles. The number of hydrogen-bond donors (Lipinski definition) is 2. The Morgan fingerprint density at radius 3 is 2.74 bits per heavy atom. The van der Waals surface area contributed by atoms with Gasteiger partial charge < -0.3 is 20.3 Å². The van der Waals surface area contributed by atoms with Crippen LogP contribution in [-0.4, -0.2) is 44.9 Å². The average Bonchev–Trinajstić information content (AvgIpc) is 3.70. The van der Waals surface area contributed by atoms with Gasteiger partial charge in [0.05, 0.1) is 36.8 Å². The molecule has 0 radical (unpaired) electrons. The highest BCUT2D eigenvalue weighted by atomic mass is 19.1. The van der Waals surface area contributed by atoms with Crippen LogP contribution in [0.5, 0.6) is 5.88 Å². The van der Waals surface area contributed by atoms with E-state index in [9.17, 15) is 9.59 Å². The first kappa shape index (κ1) is 22.3. The predicted molar refractivity (Wildman–Crippen MR) is 127 cm³/mol. The molecule has 0 bridgehead atoms. The predicted octanol–water partition coefficient (Wildman–Crippen LogP) is 4.12. The fourth-order valence-corrected chi connectivity index (χ4v) is 3.80. The summed E-state index contributed by atoms with van der Waals surface area (Å²) in [4.78, 5) is 40.9. The molecular weight excluding hydrogens is 453 g/mol. The molecule has 1 aliphatic carbocycles. The maximum atomic E-state index is 15.3. The number of anilines is 5. The molecule has 1 saturated carbocycles. The number of pyridine rings is 1. The lowest BCUT2D eigenvalue weighted by Gasteiger charge is -2.36. The van der Waals surface area contributed by atoms with Crippen molar-refractivity contribution in [1.29, 1.82) is 0 Å². The van der Waals surface area contributed by atoms with Crippen molar-refractivity contribution < 1.29 is 18.7 Å². The minimum atomic E-state index is -0.724. The van der Waals surface area contributed by atoms with E-state index < -0.39 is 5.95 Å². The number of halogens is 1. The van der Waals surface area contributed by atoms with Crippen molar-refractivity contribution in [1.82, 2.24) is 19.9 Å². The van der Waals surface area contributed by atoms with E-state index >= 15 is 4.39 Å². The number of rotatable bonds is 7. The number of amides is 3. The van der Waals surface area contributed by atoms with Crippen molar-refractivity contribution in [3.63, 3.8) is 0 Å². The van der Waals surface area contributed by atoms with Crippen molar-refractivity contribution in [2.75, 3.05) is 22.6 Å². The van der Waals surface area contributed by atoms with Crippen LogP contribution >= 0.6 is 0 Å². The summed E-state index contributed by atoms with van der Waals surface area (Å²) in [6.07, 6.45) is 4.37. The molecule has 2 N–H and O–H groups in total. The molecule has 35 heavy (non-hydrogen) atoms. The van der Waals surface area contributed by atoms with Crippen LogP contribution in [0.1, 0.15) is 18.4 Å². The van der Waals surface area contributed by atoms with Gasteiger partial charge in [-0.15, -0.1) is 0 Å². The van der Waals surface area contributed by atoms with Gasteiger partial charge in [-0.3, -0.25) is 4.79 Å². The highest BCUT2D eigenvalue weighted by molar-refractivity contribution is 6.03. The molecule has 0 spiro atoms. The lowest BCUT2D eigenvalue weighted by Crippen LogP contribution is -2.46. The molecule has 3 heterocycles. The number of fused-ring (bicyclic) bond motifs is 1. The Kier molecular flexibility index (Phi) is 5.73. The maximum Gasteiger partial charge on any atom is 0.330 e. The molecule has 3 aromatic rings. The highest BCUT2D eigenvalue weighted by Gasteiger charge is 2.42. The zero-order valence-corrected chi connectivity index (χ0v) is 18.9. The van der Waals surface area contributed by atoms with E-state index in [1.54, 1.807) is 41.3 Å². The first-order valence-corrected chi connectivity index (χ1v) is 10.9. The topological polar surface area (TPSA) is 113 Å². The largest absolute Gasteiger partial charge is 0.481 e. The Bertz CT molecular complexity index is 1310. The van der Waals surface area contributed by atoms with Gasteiger partial charge in [-0.2, -0.15) is 14.4 Å². The molecule has 3 amide bonds. The minimum Gasteiger partial charge on any atom is -0.481 e. The zero-order chi connectivity index (χ0) is 24.5. The molecule has 0 atom stereocenters. The zero-order valence-electron chi connectivity index (χ0n) is 18.9. The van der Waals surface area contributed by atoms with Gasteiger partial charge >= 0.3 is 6.03 Å². The standard InChI is InChI=1S/C24H22FN7O3/c1-3-19(33)27-14-5-4-6-17(11-14)32-22-18(13-31(24(32)34)16-8-9-16)21(25)29-23(30-22)28-15-7-10-20(35-2)26-12-15/h3-7,10-12,16H,1,8-9,13H2,2H3,(H,27,33)(H,28,29,30). The number of carbonyl (C=O) groups excluding carboxylic acids is 2. The Balaban J connectivity index is 1.55. The summed E-state index contributed by atoms with van der Waals surface area (Å²) in [7, 11) is 1.51. The van der Waals surface area contributed by atoms with E-state index in [0.29, 0.717) is 22.9 Å². The van der Waals surface area contributed by atoms with Crippen LogP contribution in [0, 0.1) is 5.95 Å². The summed E-state index contributed by atoms with van der Waals surface area (Å²) < 4.78 is 20.3. The molecule has 1 aromatic carbocycles. The second-order valence-electron chi connectivity index (χ2n) is 8.08. The van der Waals surface area contributed by atoms with Gasteiger partial charge in [0.25, 0.3) is 0 Å². The normalized spacial score (nSPS) is 14.9. The fraction of sp³-hybridized carbons (Fsp3) is 0.208. The van der Waals surface area contributed by atoms with Gasteiger partial charge in [0.1, 0.15) is 0 Å². The third kappa shape index (κ3) is 4.47. The van der Waals surface area contributed by atoms with E-state index in [4.69, 9.17) is 4.74 Å². The molecule has 0 unspecified atom stereocenters. The number of benzene rings is 1. The van der Waals surface area contributed by atoms with Crippen molar-refractivity contribution >= 4 is 40.8 Å². The third-order valence-electron chi connectivity index (χ3n) is 5.66. The molecule has 1 fully saturated rings. The van der Waals surface area contributed by atoms with Crippen LogP contribution in [0.3, 0.4) is 0 Å². The lowest BCUT2D eigenvalue weighted by molar-refractivity contribution is -0.111. The number of methoxy groups -OCH3 is 1. The Labute approximate surface area is 200 Å². The summed E-state index contributed by atoms with van der Waals surface area (Å²) >= 11 is 0. The van der Waals surface area contributed by atoms with Crippen molar-refractivity contribution in [3.05, 3.63) is 66.8 Å². The van der Waals surface area contributed by atoms with Gasteiger partial charge in [0.2, 0.25) is 23.7 Å². The van der Waals surface area contributed by atoms with Gasteiger partial charge in [-0.1, -0.05) is 12.6 Å². The summed E-state index contributed by atoms with van der Waals surface area (Å²) in [6.45, 7) is 3.53. The molecule has 2 aromatic heterocycles. The maximum absolute atomic E-state index is 15.3. The van der Waals surface area contributed by atoms with Crippen LogP contribution < -0.4 is 20.3 Å². The van der Waals surface area contributed by atoms with Gasteiger partial charge in [0, 0.05) is 17.8 Å². The summed E-state index contributed by atoms with van der Waals surface area (Å²) in [5.41, 5.74) is 1.63. The number of hydrogen-bond acceptors (Lipinski definition) is 7. The molecule has 2 aliphatic rings. The number of nitrogens with zero attached hydrogens (tertiary/aromatic N) is 5. The molecule has 5 rings (SSSR count). The van der Waals surface area contributed by atoms with Crippen LogP contribution in [-0.2, 0) is 11.3 Å². The molecule has 0 saturated heterocycles. The first-order chi connectivity index (χ1) is 17.0. The third-order valence-corrected chi connectivity index (χ3v) is 5.66. The van der Waals surface area contributed by atoms with Crippen LogP contribution in [0.15, 0.2) is 55.3 Å². The first-order valence-electron chi connectivity index (χ1n) is 10.9. The van der Waals surface area contributed by atoms with Crippen LogP contribution in [0.25, 0.3) is 0 Å². The Morgan fingerprint density at radius 1 is 1.23 bits per heavy atom. The monoisotopic (exact) mass is 475 g/mol. The number of ether oxygens (including phenoxy) is 1. The van der Waals surface area contributed by atoms with Gasteiger partial charge in [0.15, 0.2) is 5.82 Å². The highest BCUT2D eigenvalue weighted by Crippen LogP contribution is 2.40. The number of urea groups is 1. The number of nitrogens with one attached hydrogen (secondary N) is 2. The minimum absolute atomic E-state index is 0.0259. The average molecular weight is 475 g/mol. The van der Waals surface area contributed by atoms with Crippen molar-refractivity contribution in [3.8, 4) is 5.88 Å². The summed E-state index contributed by atoms with van der Waals surface area (Å²) in [6, 6.07) is 9.76. The van der Waals surface area contributed by atoms with E-state index in [1.807, 2.05) is 0 Å². The van der Waals surface area contributed by atoms with E-state index in [1.165, 1.54) is 18.2 Å². The molecular formula is C24H22FN7O3. The SMILES string of the molecule is C=CC(=O)Nc1cccc(N2C(=O)N(C3CC3)Cc3c(F)nc(Nc4ccc(OC)nc4)nc32)c1. The summed E-state index contributed by atoms with van der Waals surface area (Å²) in [5.74, 6) is -0.579. The Morgan fingerprint density at radius 2 is 2.06 bits per heavy atom. The molecule has 11 heteroatoms. The lowest BCUT2D eigenvalue weighted by atomic mass is 10.1. The van der Waals surface area contributed by atoms with Gasteiger partial charge in [-0.05, 0) is 43.2 Å². The molecule has 178 valence electrons. The smallest absolute Gasteiger partial charge is 0.330 e. The molecule has 10 nitrogen and oxygen atoms in total.